The molecule has 0 saturated carbocycles. The SMILES string of the molecule is CC(=O)OC[C@@H]1OCO[C@@H](COC(C)=O)[C@H](OC(C)=O)[C@H]1OC(C)=O. The Morgan fingerprint density at radius 2 is 1.08 bits per heavy atom. The average Bonchev–Trinajstić information content (AvgIpc) is 2.63. The lowest BCUT2D eigenvalue weighted by Gasteiger charge is -2.31. The number of rotatable bonds is 6. The number of hydrogen-bond acceptors (Lipinski definition) is 10. The number of esters is 4. The van der Waals surface area contributed by atoms with Crippen molar-refractivity contribution >= 4 is 23.9 Å². The van der Waals surface area contributed by atoms with Crippen molar-refractivity contribution in [1.82, 2.24) is 0 Å². The second-order valence-electron chi connectivity index (χ2n) is 5.28. The molecule has 0 aromatic heterocycles. The van der Waals surface area contributed by atoms with Gasteiger partial charge in [0.25, 0.3) is 0 Å². The van der Waals surface area contributed by atoms with E-state index in [1.165, 1.54) is 27.7 Å². The highest BCUT2D eigenvalue weighted by Gasteiger charge is 2.44. The summed E-state index contributed by atoms with van der Waals surface area (Å²) in [5.41, 5.74) is 0. The monoisotopic (exact) mass is 362 g/mol. The minimum Gasteiger partial charge on any atom is -0.463 e. The lowest BCUT2D eigenvalue weighted by atomic mass is 10.0. The Balaban J connectivity index is 3.05. The predicted molar refractivity (Wildman–Crippen MR) is 79.0 cm³/mol. The fraction of sp³-hybridized carbons (Fsp3) is 0.733. The topological polar surface area (TPSA) is 124 Å². The highest BCUT2D eigenvalue weighted by Crippen LogP contribution is 2.23. The second kappa shape index (κ2) is 9.94. The summed E-state index contributed by atoms with van der Waals surface area (Å²) in [6.45, 7) is 4.00. The van der Waals surface area contributed by atoms with Crippen LogP contribution in [0.2, 0.25) is 0 Å². The predicted octanol–water partition coefficient (Wildman–Crippen LogP) is -0.282. The van der Waals surface area contributed by atoms with Gasteiger partial charge < -0.3 is 28.4 Å². The zero-order chi connectivity index (χ0) is 19.0. The summed E-state index contributed by atoms with van der Waals surface area (Å²) >= 11 is 0. The Kier molecular flexibility index (Phi) is 8.29. The molecule has 0 aliphatic carbocycles. The van der Waals surface area contributed by atoms with E-state index in [2.05, 4.69) is 0 Å². The molecule has 1 aliphatic rings. The van der Waals surface area contributed by atoms with Crippen LogP contribution in [0.3, 0.4) is 0 Å². The minimum atomic E-state index is -1.12. The van der Waals surface area contributed by atoms with Crippen molar-refractivity contribution in [1.29, 1.82) is 0 Å². The molecule has 0 aromatic rings. The van der Waals surface area contributed by atoms with Crippen LogP contribution in [0.25, 0.3) is 0 Å². The molecule has 0 aromatic carbocycles. The van der Waals surface area contributed by atoms with Crippen LogP contribution >= 0.6 is 0 Å². The van der Waals surface area contributed by atoms with Crippen LogP contribution < -0.4 is 0 Å². The summed E-state index contributed by atoms with van der Waals surface area (Å²) < 4.78 is 31.0. The molecule has 0 spiro atoms. The third-order valence-electron chi connectivity index (χ3n) is 3.13. The van der Waals surface area contributed by atoms with Crippen molar-refractivity contribution in [3.05, 3.63) is 0 Å². The molecule has 0 amide bonds. The normalized spacial score (nSPS) is 26.1. The lowest BCUT2D eigenvalue weighted by molar-refractivity contribution is -0.184. The molecule has 10 heteroatoms. The molecule has 4 atom stereocenters. The van der Waals surface area contributed by atoms with Crippen LogP contribution in [-0.2, 0) is 47.6 Å². The molecule has 0 N–H and O–H groups in total. The largest absolute Gasteiger partial charge is 0.463 e. The van der Waals surface area contributed by atoms with E-state index in [0.717, 1.165) is 0 Å². The van der Waals surface area contributed by atoms with Crippen LogP contribution in [0.1, 0.15) is 27.7 Å². The molecule has 10 nitrogen and oxygen atoms in total. The summed E-state index contributed by atoms with van der Waals surface area (Å²) in [6.07, 6.45) is -4.11. The van der Waals surface area contributed by atoms with Crippen LogP contribution in [0.5, 0.6) is 0 Å². The van der Waals surface area contributed by atoms with E-state index >= 15 is 0 Å². The van der Waals surface area contributed by atoms with Crippen LogP contribution in [0.4, 0.5) is 0 Å². The van der Waals surface area contributed by atoms with Gasteiger partial charge in [-0.25, -0.2) is 0 Å². The van der Waals surface area contributed by atoms with E-state index in [1.807, 2.05) is 0 Å². The third-order valence-corrected chi connectivity index (χ3v) is 3.13. The molecule has 1 saturated heterocycles. The maximum atomic E-state index is 11.5. The molecule has 0 radical (unpaired) electrons. The highest BCUT2D eigenvalue weighted by molar-refractivity contribution is 5.68. The van der Waals surface area contributed by atoms with Gasteiger partial charge in [0, 0.05) is 27.7 Å². The van der Waals surface area contributed by atoms with Crippen LogP contribution in [0.15, 0.2) is 0 Å². The summed E-state index contributed by atoms with van der Waals surface area (Å²) in [6, 6.07) is 0. The van der Waals surface area contributed by atoms with Crippen LogP contribution in [0, 0.1) is 0 Å². The van der Waals surface area contributed by atoms with E-state index in [-0.39, 0.29) is 20.0 Å². The first-order valence-electron chi connectivity index (χ1n) is 7.55. The van der Waals surface area contributed by atoms with Gasteiger partial charge in [-0.3, -0.25) is 19.2 Å². The Labute approximate surface area is 144 Å². The molecule has 1 rings (SSSR count). The zero-order valence-electron chi connectivity index (χ0n) is 14.5. The first kappa shape index (κ1) is 20.8. The Morgan fingerprint density at radius 3 is 1.36 bits per heavy atom. The van der Waals surface area contributed by atoms with Crippen molar-refractivity contribution < 1.29 is 47.6 Å². The summed E-state index contributed by atoms with van der Waals surface area (Å²) in [7, 11) is 0. The number of ether oxygens (including phenoxy) is 6. The van der Waals surface area contributed by atoms with E-state index < -0.39 is 48.3 Å². The number of hydrogen-bond donors (Lipinski definition) is 0. The van der Waals surface area contributed by atoms with Gasteiger partial charge in [-0.05, 0) is 0 Å². The third kappa shape index (κ3) is 7.48. The van der Waals surface area contributed by atoms with Crippen molar-refractivity contribution in [3.8, 4) is 0 Å². The van der Waals surface area contributed by atoms with E-state index in [9.17, 15) is 19.2 Å². The minimum absolute atomic E-state index is 0.241. The van der Waals surface area contributed by atoms with E-state index in [1.54, 1.807) is 0 Å². The lowest BCUT2D eigenvalue weighted by Crippen LogP contribution is -2.51. The first-order chi connectivity index (χ1) is 11.7. The molecule has 142 valence electrons. The summed E-state index contributed by atoms with van der Waals surface area (Å²) in [4.78, 5) is 45.0. The van der Waals surface area contributed by atoms with Gasteiger partial charge in [-0.2, -0.15) is 0 Å². The van der Waals surface area contributed by atoms with Gasteiger partial charge in [0.15, 0.2) is 12.2 Å². The molecule has 1 aliphatic heterocycles. The number of carbonyl (C=O) groups is 4. The van der Waals surface area contributed by atoms with Crippen molar-refractivity contribution in [2.24, 2.45) is 0 Å². The Bertz CT molecular complexity index is 459. The van der Waals surface area contributed by atoms with Gasteiger partial charge >= 0.3 is 23.9 Å². The quantitative estimate of drug-likeness (QED) is 0.460. The summed E-state index contributed by atoms with van der Waals surface area (Å²) in [5.74, 6) is -2.44. The second-order valence-corrected chi connectivity index (χ2v) is 5.28. The first-order valence-corrected chi connectivity index (χ1v) is 7.55. The Morgan fingerprint density at radius 1 is 0.720 bits per heavy atom. The fourth-order valence-electron chi connectivity index (χ4n) is 2.18. The van der Waals surface area contributed by atoms with Gasteiger partial charge in [0.2, 0.25) is 0 Å². The van der Waals surface area contributed by atoms with Gasteiger partial charge in [0.05, 0.1) is 0 Å². The molecule has 1 fully saturated rings. The van der Waals surface area contributed by atoms with Gasteiger partial charge in [0.1, 0.15) is 32.2 Å². The molecular weight excluding hydrogens is 340 g/mol. The van der Waals surface area contributed by atoms with Crippen molar-refractivity contribution in [2.45, 2.75) is 52.1 Å². The maximum absolute atomic E-state index is 11.5. The Hall–Kier alpha value is -2.20. The van der Waals surface area contributed by atoms with E-state index in [0.29, 0.717) is 0 Å². The standard InChI is InChI=1S/C15H22O10/c1-8(16)20-5-12-14(24-10(3)18)15(25-11(4)19)13(23-7-22-12)6-21-9(2)17/h12-15H,5-7H2,1-4H3/t12-,13-,14-,15-/m0/s1. The van der Waals surface area contributed by atoms with Crippen LogP contribution in [-0.4, -0.2) is 68.3 Å². The molecule has 0 bridgehead atoms. The van der Waals surface area contributed by atoms with Crippen molar-refractivity contribution in [3.63, 3.8) is 0 Å². The zero-order valence-corrected chi connectivity index (χ0v) is 14.5. The maximum Gasteiger partial charge on any atom is 0.303 e. The number of carbonyl (C=O) groups excluding carboxylic acids is 4. The highest BCUT2D eigenvalue weighted by atomic mass is 16.7. The molecular formula is C15H22O10. The van der Waals surface area contributed by atoms with Crippen molar-refractivity contribution in [2.75, 3.05) is 20.0 Å². The molecule has 0 unspecified atom stereocenters. The van der Waals surface area contributed by atoms with Gasteiger partial charge in [-0.1, -0.05) is 0 Å². The summed E-state index contributed by atoms with van der Waals surface area (Å²) in [5, 5.41) is 0. The molecule has 25 heavy (non-hydrogen) atoms. The average molecular weight is 362 g/mol. The fourth-order valence-corrected chi connectivity index (χ4v) is 2.18. The smallest absolute Gasteiger partial charge is 0.303 e. The van der Waals surface area contributed by atoms with E-state index in [4.69, 9.17) is 28.4 Å². The van der Waals surface area contributed by atoms with Gasteiger partial charge in [-0.15, -0.1) is 0 Å². The molecule has 1 heterocycles.